The predicted molar refractivity (Wildman–Crippen MR) is 58.9 cm³/mol. The highest BCUT2D eigenvalue weighted by atomic mass is 35.5. The number of carbonyl (C=O) groups excluding carboxylic acids is 1. The first-order chi connectivity index (χ1) is 7.35. The molecule has 1 N–H and O–H groups in total. The second-order valence-electron chi connectivity index (χ2n) is 4.05. The maximum absolute atomic E-state index is 11.9. The molecule has 0 saturated carbocycles. The molecule has 5 nitrogen and oxygen atoms in total. The topological polar surface area (TPSA) is 81.4 Å². The van der Waals surface area contributed by atoms with E-state index in [2.05, 4.69) is 0 Å². The molecule has 0 aromatic carbocycles. The first-order valence-electron chi connectivity index (χ1n) is 4.79. The molecule has 0 unspecified atom stereocenters. The normalized spacial score (nSPS) is 10.6. The molecule has 0 radical (unpaired) electrons. The monoisotopic (exact) mass is 246 g/mol. The zero-order chi connectivity index (χ0) is 12.8. The fourth-order valence-electron chi connectivity index (χ4n) is 1.09. The van der Waals surface area contributed by atoms with Gasteiger partial charge in [0.15, 0.2) is 0 Å². The summed E-state index contributed by atoms with van der Waals surface area (Å²) < 4.78 is 0. The molecule has 0 heterocycles. The van der Waals surface area contributed by atoms with Crippen molar-refractivity contribution < 1.29 is 14.7 Å². The standard InChI is InChI=1S/C10H15ClN2O3/c1-10(2,7-11)9(16)13(5-3-4-12)6-8(14)15/h3,5-7H2,1-2H3,(H,14,15). The lowest BCUT2D eigenvalue weighted by atomic mass is 9.94. The maximum atomic E-state index is 11.9. The summed E-state index contributed by atoms with van der Waals surface area (Å²) in [6.45, 7) is 3.00. The summed E-state index contributed by atoms with van der Waals surface area (Å²) in [5.41, 5.74) is -0.813. The van der Waals surface area contributed by atoms with E-state index in [1.807, 2.05) is 6.07 Å². The fourth-order valence-corrected chi connectivity index (χ4v) is 1.20. The number of aliphatic carboxylic acids is 1. The third kappa shape index (κ3) is 4.49. The van der Waals surface area contributed by atoms with Crippen LogP contribution in [-0.2, 0) is 9.59 Å². The van der Waals surface area contributed by atoms with E-state index in [-0.39, 0.29) is 24.8 Å². The molecule has 6 heteroatoms. The van der Waals surface area contributed by atoms with Gasteiger partial charge in [0, 0.05) is 12.4 Å². The van der Waals surface area contributed by atoms with Gasteiger partial charge in [-0.15, -0.1) is 11.6 Å². The SMILES string of the molecule is CC(C)(CCl)C(=O)N(CCC#N)CC(=O)O. The average molecular weight is 247 g/mol. The van der Waals surface area contributed by atoms with Crippen LogP contribution in [0.1, 0.15) is 20.3 Å². The van der Waals surface area contributed by atoms with Gasteiger partial charge in [-0.25, -0.2) is 0 Å². The minimum absolute atomic E-state index is 0.106. The molecule has 0 aliphatic rings. The molecule has 1 amide bonds. The van der Waals surface area contributed by atoms with E-state index in [0.29, 0.717) is 0 Å². The van der Waals surface area contributed by atoms with Crippen LogP contribution < -0.4 is 0 Å². The van der Waals surface area contributed by atoms with Crippen LogP contribution in [0.3, 0.4) is 0 Å². The van der Waals surface area contributed by atoms with Gasteiger partial charge in [-0.2, -0.15) is 5.26 Å². The zero-order valence-electron chi connectivity index (χ0n) is 9.36. The number of rotatable bonds is 6. The second-order valence-corrected chi connectivity index (χ2v) is 4.31. The van der Waals surface area contributed by atoms with Crippen molar-refractivity contribution in [1.29, 1.82) is 5.26 Å². The molecule has 0 aliphatic carbocycles. The van der Waals surface area contributed by atoms with Crippen molar-refractivity contribution in [1.82, 2.24) is 4.90 Å². The summed E-state index contributed by atoms with van der Waals surface area (Å²) in [6, 6.07) is 1.88. The van der Waals surface area contributed by atoms with Gasteiger partial charge in [-0.05, 0) is 13.8 Å². The van der Waals surface area contributed by atoms with Gasteiger partial charge >= 0.3 is 5.97 Å². The Labute approximate surface area is 99.6 Å². The summed E-state index contributed by atoms with van der Waals surface area (Å²) in [5.74, 6) is -1.34. The van der Waals surface area contributed by atoms with Crippen LogP contribution >= 0.6 is 11.6 Å². The summed E-state index contributed by atoms with van der Waals surface area (Å²) in [4.78, 5) is 23.6. The van der Waals surface area contributed by atoms with E-state index in [1.54, 1.807) is 13.8 Å². The molecular formula is C10H15ClN2O3. The van der Waals surface area contributed by atoms with Crippen molar-refractivity contribution >= 4 is 23.5 Å². The highest BCUT2D eigenvalue weighted by molar-refractivity contribution is 6.19. The van der Waals surface area contributed by atoms with E-state index in [1.165, 1.54) is 0 Å². The van der Waals surface area contributed by atoms with Crippen LogP contribution in [0.5, 0.6) is 0 Å². The van der Waals surface area contributed by atoms with E-state index < -0.39 is 17.9 Å². The Kier molecular flexibility index (Phi) is 5.83. The lowest BCUT2D eigenvalue weighted by molar-refractivity contribution is -0.148. The molecule has 0 aromatic heterocycles. The van der Waals surface area contributed by atoms with Crippen LogP contribution in [0.25, 0.3) is 0 Å². The third-order valence-corrected chi connectivity index (χ3v) is 2.69. The lowest BCUT2D eigenvalue weighted by Crippen LogP contribution is -2.44. The summed E-state index contributed by atoms with van der Waals surface area (Å²) in [6.07, 6.45) is 0.109. The van der Waals surface area contributed by atoms with Crippen LogP contribution in [-0.4, -0.2) is 40.9 Å². The number of carbonyl (C=O) groups is 2. The molecule has 0 saturated heterocycles. The third-order valence-electron chi connectivity index (χ3n) is 2.02. The Morgan fingerprint density at radius 2 is 2.06 bits per heavy atom. The number of nitriles is 1. The van der Waals surface area contributed by atoms with Crippen LogP contribution in [0.2, 0.25) is 0 Å². The number of hydrogen-bond acceptors (Lipinski definition) is 3. The Bertz CT molecular complexity index is 310. The number of hydrogen-bond donors (Lipinski definition) is 1. The Balaban J connectivity index is 4.69. The number of carboxylic acids is 1. The smallest absolute Gasteiger partial charge is 0.323 e. The van der Waals surface area contributed by atoms with Crippen LogP contribution in [0, 0.1) is 16.7 Å². The number of carboxylic acid groups (broad SMARTS) is 1. The van der Waals surface area contributed by atoms with Gasteiger partial charge in [0.1, 0.15) is 6.54 Å². The molecule has 0 spiro atoms. The van der Waals surface area contributed by atoms with E-state index in [9.17, 15) is 9.59 Å². The van der Waals surface area contributed by atoms with Gasteiger partial charge in [0.2, 0.25) is 5.91 Å². The highest BCUT2D eigenvalue weighted by Gasteiger charge is 2.31. The zero-order valence-corrected chi connectivity index (χ0v) is 10.1. The Morgan fingerprint density at radius 1 is 1.50 bits per heavy atom. The first kappa shape index (κ1) is 14.7. The molecule has 0 bridgehead atoms. The van der Waals surface area contributed by atoms with Crippen LogP contribution in [0.15, 0.2) is 0 Å². The maximum Gasteiger partial charge on any atom is 0.323 e. The van der Waals surface area contributed by atoms with Gasteiger partial charge < -0.3 is 10.0 Å². The van der Waals surface area contributed by atoms with Crippen molar-refractivity contribution in [2.24, 2.45) is 5.41 Å². The minimum Gasteiger partial charge on any atom is -0.480 e. The van der Waals surface area contributed by atoms with Crippen molar-refractivity contribution in [2.75, 3.05) is 19.0 Å². The summed E-state index contributed by atoms with van der Waals surface area (Å²) in [7, 11) is 0. The number of halogens is 1. The van der Waals surface area contributed by atoms with E-state index in [0.717, 1.165) is 4.90 Å². The lowest BCUT2D eigenvalue weighted by Gasteiger charge is -2.28. The highest BCUT2D eigenvalue weighted by Crippen LogP contribution is 2.20. The Morgan fingerprint density at radius 3 is 2.44 bits per heavy atom. The predicted octanol–water partition coefficient (Wildman–Crippen LogP) is 1.08. The van der Waals surface area contributed by atoms with Crippen molar-refractivity contribution in [3.63, 3.8) is 0 Å². The van der Waals surface area contributed by atoms with Gasteiger partial charge in [-0.3, -0.25) is 9.59 Å². The molecule has 0 rings (SSSR count). The van der Waals surface area contributed by atoms with E-state index in [4.69, 9.17) is 22.0 Å². The van der Waals surface area contributed by atoms with Crippen molar-refractivity contribution in [2.45, 2.75) is 20.3 Å². The molecular weight excluding hydrogens is 232 g/mol. The van der Waals surface area contributed by atoms with E-state index >= 15 is 0 Å². The second kappa shape index (κ2) is 6.33. The summed E-state index contributed by atoms with van der Waals surface area (Å²) in [5, 5.41) is 17.1. The quantitative estimate of drug-likeness (QED) is 0.711. The molecule has 16 heavy (non-hydrogen) atoms. The van der Waals surface area contributed by atoms with Gasteiger partial charge in [-0.1, -0.05) is 0 Å². The first-order valence-corrected chi connectivity index (χ1v) is 5.32. The largest absolute Gasteiger partial charge is 0.480 e. The Hall–Kier alpha value is -1.28. The number of nitrogens with zero attached hydrogens (tertiary/aromatic N) is 2. The molecule has 0 fully saturated rings. The van der Waals surface area contributed by atoms with Crippen molar-refractivity contribution in [3.8, 4) is 6.07 Å². The fraction of sp³-hybridized carbons (Fsp3) is 0.700. The molecule has 0 aliphatic heterocycles. The molecule has 90 valence electrons. The average Bonchev–Trinajstić information content (AvgIpc) is 2.22. The van der Waals surface area contributed by atoms with Crippen molar-refractivity contribution in [3.05, 3.63) is 0 Å². The number of alkyl halides is 1. The molecule has 0 aromatic rings. The van der Waals surface area contributed by atoms with Gasteiger partial charge in [0.05, 0.1) is 17.9 Å². The number of amides is 1. The molecule has 0 atom stereocenters. The van der Waals surface area contributed by atoms with Crippen LogP contribution in [0.4, 0.5) is 0 Å². The minimum atomic E-state index is -1.10. The summed E-state index contributed by atoms with van der Waals surface area (Å²) >= 11 is 5.64. The van der Waals surface area contributed by atoms with Gasteiger partial charge in [0.25, 0.3) is 0 Å².